The van der Waals surface area contributed by atoms with Gasteiger partial charge in [-0.05, 0) is 30.7 Å². The molecule has 5 nitrogen and oxygen atoms in total. The number of nitrogens with one attached hydrogen (secondary N) is 2. The van der Waals surface area contributed by atoms with Crippen molar-refractivity contribution in [3.05, 3.63) is 32.6 Å². The Balaban J connectivity index is 1.61. The molecule has 1 saturated heterocycles. The van der Waals surface area contributed by atoms with Crippen LogP contribution in [0.5, 0.6) is 0 Å². The molecule has 3 heterocycles. The molecule has 26 heavy (non-hydrogen) atoms. The van der Waals surface area contributed by atoms with Gasteiger partial charge in [-0.1, -0.05) is 11.6 Å². The average Bonchev–Trinajstić information content (AvgIpc) is 3.06. The second kappa shape index (κ2) is 9.08. The molecule has 1 fully saturated rings. The van der Waals surface area contributed by atoms with Crippen molar-refractivity contribution in [1.82, 2.24) is 10.2 Å². The highest BCUT2D eigenvalue weighted by atomic mass is 35.5. The summed E-state index contributed by atoms with van der Waals surface area (Å²) >= 11 is 9.55. The number of halogens is 1. The zero-order chi connectivity index (χ0) is 18.6. The van der Waals surface area contributed by atoms with Crippen LogP contribution in [0.3, 0.4) is 0 Å². The largest absolute Gasteiger partial charge is 0.390 e. The normalized spacial score (nSPS) is 23.0. The Morgan fingerprint density at radius 1 is 1.58 bits per heavy atom. The number of piperidine rings is 1. The first-order valence-electron chi connectivity index (χ1n) is 8.84. The van der Waals surface area contributed by atoms with Crippen molar-refractivity contribution in [2.45, 2.75) is 24.5 Å². The van der Waals surface area contributed by atoms with Crippen LogP contribution in [0.4, 0.5) is 0 Å². The number of hydrogen-bond acceptors (Lipinski definition) is 7. The van der Waals surface area contributed by atoms with Crippen LogP contribution >= 0.6 is 34.7 Å². The fourth-order valence-corrected chi connectivity index (χ4v) is 5.38. The molecule has 0 saturated carbocycles. The smallest absolute Gasteiger partial charge is 0.105 e. The third kappa shape index (κ3) is 4.46. The minimum absolute atomic E-state index is 0.311. The summed E-state index contributed by atoms with van der Waals surface area (Å²) < 4.78 is 6.85. The lowest BCUT2D eigenvalue weighted by atomic mass is 9.84. The summed E-state index contributed by atoms with van der Waals surface area (Å²) in [6.45, 7) is 3.83. The number of hydrogen-bond donors (Lipinski definition) is 3. The van der Waals surface area contributed by atoms with Gasteiger partial charge < -0.3 is 20.6 Å². The molecule has 1 aromatic rings. The summed E-state index contributed by atoms with van der Waals surface area (Å²) in [6.07, 6.45) is 6.67. The van der Waals surface area contributed by atoms with Gasteiger partial charge in [-0.2, -0.15) is 11.8 Å². The van der Waals surface area contributed by atoms with Crippen LogP contribution in [-0.4, -0.2) is 61.0 Å². The number of thioether (sulfide) groups is 1. The number of ether oxygens (including phenoxy) is 1. The molecule has 3 N–H and O–H groups in total. The van der Waals surface area contributed by atoms with E-state index in [1.54, 1.807) is 11.8 Å². The third-order valence-corrected chi connectivity index (χ3v) is 7.09. The van der Waals surface area contributed by atoms with Crippen molar-refractivity contribution in [2.75, 3.05) is 44.8 Å². The van der Waals surface area contributed by atoms with E-state index in [4.69, 9.17) is 21.7 Å². The molecular weight excluding hydrogens is 390 g/mol. The highest BCUT2D eigenvalue weighted by molar-refractivity contribution is 7.98. The van der Waals surface area contributed by atoms with Crippen LogP contribution in [0, 0.1) is 5.41 Å². The summed E-state index contributed by atoms with van der Waals surface area (Å²) in [5.74, 6) is 1.06. The molecule has 0 aromatic carbocycles. The van der Waals surface area contributed by atoms with Gasteiger partial charge in [-0.15, -0.1) is 11.3 Å². The van der Waals surface area contributed by atoms with Gasteiger partial charge in [0.25, 0.3) is 0 Å². The number of fused-ring (bicyclic) bond motifs is 2. The predicted molar refractivity (Wildman–Crippen MR) is 111 cm³/mol. The quantitative estimate of drug-likeness (QED) is 0.471. The first-order valence-corrected chi connectivity index (χ1v) is 11.4. The minimum Gasteiger partial charge on any atom is -0.390 e. The maximum Gasteiger partial charge on any atom is 0.105 e. The van der Waals surface area contributed by atoms with Crippen molar-refractivity contribution in [3.63, 3.8) is 0 Å². The van der Waals surface area contributed by atoms with Crippen LogP contribution in [0.2, 0.25) is 4.34 Å². The molecule has 0 amide bonds. The summed E-state index contributed by atoms with van der Waals surface area (Å²) in [5, 5.41) is 21.1. The average molecular weight is 416 g/mol. The molecular formula is C18H26ClN3O2S2. The Morgan fingerprint density at radius 3 is 3.04 bits per heavy atom. The zero-order valence-corrected chi connectivity index (χ0v) is 17.4. The molecule has 0 radical (unpaired) electrons. The molecule has 1 spiro atoms. The van der Waals surface area contributed by atoms with Gasteiger partial charge in [-0.25, -0.2) is 0 Å². The van der Waals surface area contributed by atoms with E-state index in [1.807, 2.05) is 12.3 Å². The molecule has 0 bridgehead atoms. The number of nitrogens with zero attached hydrogens (tertiary/aromatic N) is 1. The van der Waals surface area contributed by atoms with Crippen LogP contribution < -0.4 is 5.32 Å². The SMILES string of the molecule is CSCCN/C=C(\C=N)CN1CCC2(CC1)OCC(O)c1cc(Cl)sc12. The standard InChI is InChI=1S/C18H26ClN3O2S2/c1-25-7-4-21-10-13(9-20)11-22-5-2-18(3-6-22)17-14(8-16(19)26-17)15(23)12-24-18/h8-10,15,20-21,23H,2-7,11-12H2,1H3/b13-10+,20-9?. The lowest BCUT2D eigenvalue weighted by Gasteiger charge is -2.44. The Hall–Kier alpha value is -0.570. The van der Waals surface area contributed by atoms with E-state index in [-0.39, 0.29) is 5.60 Å². The molecule has 8 heteroatoms. The van der Waals surface area contributed by atoms with E-state index >= 15 is 0 Å². The van der Waals surface area contributed by atoms with Crippen LogP contribution in [0.15, 0.2) is 17.8 Å². The van der Waals surface area contributed by atoms with Crippen LogP contribution in [0.1, 0.15) is 29.4 Å². The number of aliphatic hydroxyl groups excluding tert-OH is 1. The molecule has 1 unspecified atom stereocenters. The van der Waals surface area contributed by atoms with Crippen molar-refractivity contribution in [2.24, 2.45) is 0 Å². The van der Waals surface area contributed by atoms with E-state index in [1.165, 1.54) is 17.6 Å². The maximum absolute atomic E-state index is 10.2. The van der Waals surface area contributed by atoms with E-state index in [0.29, 0.717) is 10.9 Å². The van der Waals surface area contributed by atoms with Gasteiger partial charge in [0, 0.05) is 54.8 Å². The minimum atomic E-state index is -0.572. The second-order valence-electron chi connectivity index (χ2n) is 6.74. The monoisotopic (exact) mass is 415 g/mol. The number of thiophene rings is 1. The molecule has 2 aliphatic heterocycles. The fraction of sp³-hybridized carbons (Fsp3) is 0.611. The van der Waals surface area contributed by atoms with Crippen LogP contribution in [-0.2, 0) is 10.3 Å². The summed E-state index contributed by atoms with van der Waals surface area (Å²) in [5.41, 5.74) is 1.62. The Morgan fingerprint density at radius 2 is 2.35 bits per heavy atom. The lowest BCUT2D eigenvalue weighted by Crippen LogP contribution is -2.47. The van der Waals surface area contributed by atoms with Gasteiger partial charge in [-0.3, -0.25) is 4.90 Å². The second-order valence-corrected chi connectivity index (χ2v) is 9.41. The number of likely N-dealkylation sites (tertiary alicyclic amines) is 1. The van der Waals surface area contributed by atoms with Gasteiger partial charge in [0.15, 0.2) is 0 Å². The summed E-state index contributed by atoms with van der Waals surface area (Å²) in [4.78, 5) is 3.46. The lowest BCUT2D eigenvalue weighted by molar-refractivity contribution is -0.127. The van der Waals surface area contributed by atoms with Gasteiger partial charge >= 0.3 is 0 Å². The third-order valence-electron chi connectivity index (χ3n) is 5.01. The topological polar surface area (TPSA) is 68.6 Å². The van der Waals surface area contributed by atoms with Gasteiger partial charge in [0.2, 0.25) is 0 Å². The van der Waals surface area contributed by atoms with Crippen molar-refractivity contribution < 1.29 is 9.84 Å². The molecule has 1 atom stereocenters. The first kappa shape index (κ1) is 20.2. The van der Waals surface area contributed by atoms with E-state index in [2.05, 4.69) is 16.5 Å². The van der Waals surface area contributed by atoms with Crippen molar-refractivity contribution in [1.29, 1.82) is 5.41 Å². The molecule has 144 valence electrons. The molecule has 0 aliphatic carbocycles. The van der Waals surface area contributed by atoms with Crippen LogP contribution in [0.25, 0.3) is 0 Å². The first-order chi connectivity index (χ1) is 12.6. The summed E-state index contributed by atoms with van der Waals surface area (Å²) in [6, 6.07) is 1.89. The Labute approximate surface area is 168 Å². The van der Waals surface area contributed by atoms with Crippen molar-refractivity contribution >= 4 is 40.9 Å². The highest BCUT2D eigenvalue weighted by Gasteiger charge is 2.44. The molecule has 1 aromatic heterocycles. The molecule has 3 rings (SSSR count). The van der Waals surface area contributed by atoms with Crippen molar-refractivity contribution in [3.8, 4) is 0 Å². The fourth-order valence-electron chi connectivity index (χ4n) is 3.57. The predicted octanol–water partition coefficient (Wildman–Crippen LogP) is 3.24. The summed E-state index contributed by atoms with van der Waals surface area (Å²) in [7, 11) is 0. The number of rotatable bonds is 7. The highest BCUT2D eigenvalue weighted by Crippen LogP contribution is 2.48. The van der Waals surface area contributed by atoms with Gasteiger partial charge in [0.1, 0.15) is 11.7 Å². The van der Waals surface area contributed by atoms with E-state index in [9.17, 15) is 5.11 Å². The van der Waals surface area contributed by atoms with E-state index < -0.39 is 6.10 Å². The maximum atomic E-state index is 10.2. The Bertz CT molecular complexity index is 657. The Kier molecular flexibility index (Phi) is 7.05. The number of aliphatic hydroxyl groups is 1. The van der Waals surface area contributed by atoms with Gasteiger partial charge in [0.05, 0.1) is 10.9 Å². The van der Waals surface area contributed by atoms with E-state index in [0.717, 1.165) is 60.8 Å². The molecule has 2 aliphatic rings. The zero-order valence-electron chi connectivity index (χ0n) is 15.0.